The topological polar surface area (TPSA) is 58.6 Å². The summed E-state index contributed by atoms with van der Waals surface area (Å²) >= 11 is 0. The van der Waals surface area contributed by atoms with Crippen molar-refractivity contribution in [2.45, 2.75) is 32.4 Å². The molecule has 0 bridgehead atoms. The average molecular weight is 228 g/mol. The zero-order valence-corrected chi connectivity index (χ0v) is 9.94. The van der Waals surface area contributed by atoms with Gasteiger partial charge in [0.15, 0.2) is 0 Å². The Balaban J connectivity index is 2.32. The number of hydrogen-bond donors (Lipinski definition) is 1. The van der Waals surface area contributed by atoms with Crippen LogP contribution in [0.4, 0.5) is 0 Å². The van der Waals surface area contributed by atoms with Crippen molar-refractivity contribution in [3.05, 3.63) is 0 Å². The van der Waals surface area contributed by atoms with Crippen molar-refractivity contribution in [2.24, 2.45) is 0 Å². The van der Waals surface area contributed by atoms with Crippen molar-refractivity contribution in [3.63, 3.8) is 0 Å². The first-order chi connectivity index (χ1) is 7.63. The number of ketones is 1. The van der Waals surface area contributed by atoms with Gasteiger partial charge in [-0.25, -0.2) is 0 Å². The maximum Gasteiger partial charge on any atom is 0.293 e. The van der Waals surface area contributed by atoms with Gasteiger partial charge in [0.2, 0.25) is 0 Å². The third kappa shape index (κ3) is 4.28. The van der Waals surface area contributed by atoms with Crippen molar-refractivity contribution in [1.82, 2.24) is 10.2 Å². The van der Waals surface area contributed by atoms with E-state index >= 15 is 0 Å². The number of nitrogens with zero attached hydrogens (tertiary/aromatic N) is 1. The number of nitrogens with one attached hydrogen (secondary N) is 1. The lowest BCUT2D eigenvalue weighted by atomic mass is 10.2. The van der Waals surface area contributed by atoms with Gasteiger partial charge in [0, 0.05) is 31.6 Å². The summed E-state index contributed by atoms with van der Waals surface area (Å²) in [4.78, 5) is 23.4. The van der Waals surface area contributed by atoms with E-state index in [4.69, 9.17) is 4.74 Å². The molecule has 1 atom stereocenters. The summed E-state index contributed by atoms with van der Waals surface area (Å²) < 4.78 is 4.69. The molecule has 0 amide bonds. The molecule has 1 aliphatic rings. The maximum absolute atomic E-state index is 11.1. The van der Waals surface area contributed by atoms with Gasteiger partial charge in [-0.15, -0.1) is 0 Å². The first-order valence-corrected chi connectivity index (χ1v) is 5.68. The Morgan fingerprint density at radius 2 is 2.38 bits per heavy atom. The summed E-state index contributed by atoms with van der Waals surface area (Å²) in [5, 5.41) is 3.18. The second-order valence-corrected chi connectivity index (χ2v) is 4.38. The van der Waals surface area contributed by atoms with Crippen molar-refractivity contribution in [3.8, 4) is 0 Å². The minimum atomic E-state index is 0.242. The molecule has 0 aromatic carbocycles. The lowest BCUT2D eigenvalue weighted by Gasteiger charge is -2.28. The van der Waals surface area contributed by atoms with Crippen molar-refractivity contribution in [2.75, 3.05) is 26.2 Å². The Morgan fingerprint density at radius 1 is 1.62 bits per heavy atom. The summed E-state index contributed by atoms with van der Waals surface area (Å²) in [5.41, 5.74) is 0. The Kier molecular flexibility index (Phi) is 5.42. The second kappa shape index (κ2) is 6.60. The van der Waals surface area contributed by atoms with Gasteiger partial charge in [-0.1, -0.05) is 0 Å². The number of hydrogen-bond acceptors (Lipinski definition) is 5. The smallest absolute Gasteiger partial charge is 0.293 e. The number of carbonyl (C=O) groups is 2. The van der Waals surface area contributed by atoms with Gasteiger partial charge in [0.25, 0.3) is 6.47 Å². The van der Waals surface area contributed by atoms with E-state index in [2.05, 4.69) is 24.1 Å². The van der Waals surface area contributed by atoms with Crippen LogP contribution in [0.15, 0.2) is 0 Å². The highest BCUT2D eigenvalue weighted by Crippen LogP contribution is 2.07. The molecule has 1 heterocycles. The highest BCUT2D eigenvalue weighted by molar-refractivity contribution is 5.83. The van der Waals surface area contributed by atoms with E-state index in [1.54, 1.807) is 0 Å². The Hall–Kier alpha value is -0.940. The molecule has 16 heavy (non-hydrogen) atoms. The van der Waals surface area contributed by atoms with Crippen LogP contribution in [0, 0.1) is 0 Å². The quantitative estimate of drug-likeness (QED) is 0.483. The van der Waals surface area contributed by atoms with Crippen molar-refractivity contribution >= 4 is 12.3 Å². The molecule has 0 aliphatic carbocycles. The predicted octanol–water partition coefficient (Wildman–Crippen LogP) is -0.199. The monoisotopic (exact) mass is 228 g/mol. The molecular formula is C11H20N2O3. The summed E-state index contributed by atoms with van der Waals surface area (Å²) in [6.07, 6.45) is 0.609. The van der Waals surface area contributed by atoms with E-state index in [1.807, 2.05) is 0 Å². The molecule has 1 fully saturated rings. The number of rotatable bonds is 7. The minimum absolute atomic E-state index is 0.242. The molecule has 0 aromatic heterocycles. The van der Waals surface area contributed by atoms with Gasteiger partial charge < -0.3 is 10.1 Å². The summed E-state index contributed by atoms with van der Waals surface area (Å²) in [7, 11) is 0. The zero-order valence-electron chi connectivity index (χ0n) is 9.94. The van der Waals surface area contributed by atoms with Crippen LogP contribution in [-0.2, 0) is 14.3 Å². The van der Waals surface area contributed by atoms with Crippen LogP contribution in [0.1, 0.15) is 20.3 Å². The van der Waals surface area contributed by atoms with E-state index in [9.17, 15) is 9.59 Å². The molecule has 0 aromatic rings. The first-order valence-electron chi connectivity index (χ1n) is 5.68. The fourth-order valence-corrected chi connectivity index (χ4v) is 1.87. The third-order valence-electron chi connectivity index (χ3n) is 2.81. The van der Waals surface area contributed by atoms with E-state index < -0.39 is 0 Å². The van der Waals surface area contributed by atoms with Crippen molar-refractivity contribution in [1.29, 1.82) is 0 Å². The van der Waals surface area contributed by atoms with Gasteiger partial charge >= 0.3 is 0 Å². The molecule has 5 nitrogen and oxygen atoms in total. The van der Waals surface area contributed by atoms with E-state index in [0.29, 0.717) is 38.6 Å². The van der Waals surface area contributed by atoms with Crippen LogP contribution in [0.3, 0.4) is 0 Å². The lowest BCUT2D eigenvalue weighted by Crippen LogP contribution is -2.42. The molecule has 0 saturated carbocycles. The molecule has 92 valence electrons. The van der Waals surface area contributed by atoms with Gasteiger partial charge in [0.1, 0.15) is 12.4 Å². The first kappa shape index (κ1) is 13.1. The molecule has 5 heteroatoms. The van der Waals surface area contributed by atoms with E-state index in [-0.39, 0.29) is 11.8 Å². The highest BCUT2D eigenvalue weighted by Gasteiger charge is 2.24. The highest BCUT2D eigenvalue weighted by atomic mass is 16.5. The molecule has 1 aliphatic heterocycles. The summed E-state index contributed by atoms with van der Waals surface area (Å²) in [5.74, 6) is 0.276. The average Bonchev–Trinajstić information content (AvgIpc) is 2.63. The molecule has 1 N–H and O–H groups in total. The molecule has 0 radical (unpaired) electrons. The SMILES string of the molecule is CC(C)N(CCOC=O)CC1CC(=O)CN1. The number of carbonyl (C=O) groups excluding carboxylic acids is 2. The summed E-state index contributed by atoms with van der Waals surface area (Å²) in [6, 6.07) is 0.624. The van der Waals surface area contributed by atoms with E-state index in [1.165, 1.54) is 0 Å². The molecule has 1 rings (SSSR count). The fraction of sp³-hybridized carbons (Fsp3) is 0.818. The Labute approximate surface area is 96.1 Å². The molecule has 0 spiro atoms. The van der Waals surface area contributed by atoms with Crippen LogP contribution in [0.2, 0.25) is 0 Å². The number of ether oxygens (including phenoxy) is 1. The standard InChI is InChI=1S/C11H20N2O3/c1-9(2)13(3-4-16-8-14)7-10-5-11(15)6-12-10/h8-10,12H,3-7H2,1-2H3. The predicted molar refractivity (Wildman–Crippen MR) is 60.1 cm³/mol. The molecular weight excluding hydrogens is 208 g/mol. The fourth-order valence-electron chi connectivity index (χ4n) is 1.87. The minimum Gasteiger partial charge on any atom is -0.467 e. The largest absolute Gasteiger partial charge is 0.467 e. The normalized spacial score (nSPS) is 20.8. The van der Waals surface area contributed by atoms with Gasteiger partial charge in [-0.05, 0) is 13.8 Å². The van der Waals surface area contributed by atoms with E-state index in [0.717, 1.165) is 6.54 Å². The maximum atomic E-state index is 11.1. The Morgan fingerprint density at radius 3 is 2.88 bits per heavy atom. The van der Waals surface area contributed by atoms with Crippen LogP contribution in [0.5, 0.6) is 0 Å². The number of Topliss-reactive ketones (excluding diaryl/α,β-unsaturated/α-hetero) is 1. The van der Waals surface area contributed by atoms with Crippen LogP contribution < -0.4 is 5.32 Å². The molecule has 1 saturated heterocycles. The van der Waals surface area contributed by atoms with Crippen LogP contribution >= 0.6 is 0 Å². The van der Waals surface area contributed by atoms with Crippen LogP contribution in [-0.4, -0.2) is 55.5 Å². The summed E-state index contributed by atoms with van der Waals surface area (Å²) in [6.45, 7) is 7.09. The van der Waals surface area contributed by atoms with Crippen molar-refractivity contribution < 1.29 is 14.3 Å². The van der Waals surface area contributed by atoms with Gasteiger partial charge in [0.05, 0.1) is 6.54 Å². The van der Waals surface area contributed by atoms with Gasteiger partial charge in [-0.2, -0.15) is 0 Å². The third-order valence-corrected chi connectivity index (χ3v) is 2.81. The van der Waals surface area contributed by atoms with Gasteiger partial charge in [-0.3, -0.25) is 14.5 Å². The lowest BCUT2D eigenvalue weighted by molar-refractivity contribution is -0.129. The van der Waals surface area contributed by atoms with Crippen LogP contribution in [0.25, 0.3) is 0 Å². The Bertz CT molecular complexity index is 243. The molecule has 1 unspecified atom stereocenters. The zero-order chi connectivity index (χ0) is 12.0. The second-order valence-electron chi connectivity index (χ2n) is 4.38.